The third-order valence-electron chi connectivity index (χ3n) is 8.60. The largest absolute Gasteiger partial charge is 0.490 e. The van der Waals surface area contributed by atoms with Crippen molar-refractivity contribution in [2.24, 2.45) is 5.41 Å². The monoisotopic (exact) mass is 580 g/mol. The van der Waals surface area contributed by atoms with Crippen molar-refractivity contribution < 1.29 is 23.9 Å². The zero-order valence-corrected chi connectivity index (χ0v) is 24.1. The van der Waals surface area contributed by atoms with E-state index in [-0.39, 0.29) is 30.2 Å². The number of hydrogen-bond donors (Lipinski definition) is 1. The van der Waals surface area contributed by atoms with Crippen LogP contribution in [-0.4, -0.2) is 78.4 Å². The van der Waals surface area contributed by atoms with Crippen molar-refractivity contribution in [3.05, 3.63) is 95.8 Å². The number of nitrogens with one attached hydrogen (secondary N) is 1. The topological polar surface area (TPSA) is 101 Å². The fraction of sp³-hybridized carbons (Fsp3) is 0.353. The molecule has 1 N–H and O–H groups in total. The minimum Gasteiger partial charge on any atom is -0.490 e. The highest BCUT2D eigenvalue weighted by Crippen LogP contribution is 2.52. The van der Waals surface area contributed by atoms with Gasteiger partial charge in [-0.3, -0.25) is 19.4 Å². The molecule has 0 aliphatic carbocycles. The van der Waals surface area contributed by atoms with Crippen molar-refractivity contribution in [3.8, 4) is 11.5 Å². The average molecular weight is 581 g/mol. The van der Waals surface area contributed by atoms with E-state index in [1.165, 1.54) is 6.08 Å². The number of benzene rings is 2. The number of ether oxygens (including phenoxy) is 2. The van der Waals surface area contributed by atoms with E-state index in [2.05, 4.69) is 10.3 Å². The number of aromatic nitrogens is 1. The Bertz CT molecular complexity index is 1500. The molecule has 4 bridgehead atoms. The van der Waals surface area contributed by atoms with E-state index in [9.17, 15) is 14.4 Å². The number of amides is 3. The van der Waals surface area contributed by atoms with Crippen LogP contribution in [0.25, 0.3) is 6.08 Å². The van der Waals surface area contributed by atoms with Crippen molar-refractivity contribution in [2.45, 2.75) is 25.2 Å². The summed E-state index contributed by atoms with van der Waals surface area (Å²) in [6.07, 6.45) is 8.32. The maximum Gasteiger partial charge on any atom is 0.247 e. The van der Waals surface area contributed by atoms with Crippen LogP contribution in [0.5, 0.6) is 11.5 Å². The van der Waals surface area contributed by atoms with E-state index < -0.39 is 5.41 Å². The first kappa shape index (κ1) is 28.5. The number of hydrogen-bond acceptors (Lipinski definition) is 6. The summed E-state index contributed by atoms with van der Waals surface area (Å²) in [5.74, 6) is 0.941. The van der Waals surface area contributed by atoms with E-state index in [0.717, 1.165) is 16.7 Å². The first-order valence-electron chi connectivity index (χ1n) is 14.8. The van der Waals surface area contributed by atoms with E-state index in [4.69, 9.17) is 9.47 Å². The highest BCUT2D eigenvalue weighted by Gasteiger charge is 2.53. The van der Waals surface area contributed by atoms with Gasteiger partial charge in [0.25, 0.3) is 0 Å². The number of para-hydroxylation sites is 1. The lowest BCUT2D eigenvalue weighted by Crippen LogP contribution is -2.50. The zero-order chi connectivity index (χ0) is 29.6. The molecule has 0 unspecified atom stereocenters. The van der Waals surface area contributed by atoms with Crippen LogP contribution in [0.3, 0.4) is 0 Å². The first-order valence-corrected chi connectivity index (χ1v) is 14.8. The average Bonchev–Trinajstić information content (AvgIpc) is 3.44. The number of pyridine rings is 1. The third-order valence-corrected chi connectivity index (χ3v) is 8.60. The van der Waals surface area contributed by atoms with Gasteiger partial charge in [-0.25, -0.2) is 0 Å². The summed E-state index contributed by atoms with van der Waals surface area (Å²) in [5, 5.41) is 3.10. The van der Waals surface area contributed by atoms with Gasteiger partial charge in [-0.15, -0.1) is 0 Å². The number of aryl methyl sites for hydroxylation is 1. The molecule has 0 saturated carbocycles. The zero-order valence-electron chi connectivity index (χ0n) is 24.1. The van der Waals surface area contributed by atoms with Gasteiger partial charge in [0.1, 0.15) is 0 Å². The molecule has 5 heterocycles. The van der Waals surface area contributed by atoms with E-state index in [1.807, 2.05) is 65.6 Å². The van der Waals surface area contributed by atoms with Gasteiger partial charge in [0.2, 0.25) is 17.7 Å². The second-order valence-electron chi connectivity index (χ2n) is 11.5. The standard InChI is InChI=1S/C34H36N4O5/c39-30-21-37(31(40)12-10-25-6-2-1-3-7-25)18-5-19-42-29-9-4-8-27-28-20-38(23-34(28,22-36-30)24-43-33(27)29)32(41)13-11-26-14-16-35-17-15-26/h1-4,6-10,12,14-17,28H,5,11,13,18-24H2,(H,36,39)/b12-10+/t28-,34+/m0/s1. The second-order valence-corrected chi connectivity index (χ2v) is 11.5. The predicted molar refractivity (Wildman–Crippen MR) is 161 cm³/mol. The van der Waals surface area contributed by atoms with Gasteiger partial charge in [-0.2, -0.15) is 0 Å². The third kappa shape index (κ3) is 6.40. The summed E-state index contributed by atoms with van der Waals surface area (Å²) >= 11 is 0. The van der Waals surface area contributed by atoms with Crippen molar-refractivity contribution in [2.75, 3.05) is 45.9 Å². The molecule has 9 heteroatoms. The summed E-state index contributed by atoms with van der Waals surface area (Å²) < 4.78 is 12.5. The van der Waals surface area contributed by atoms with Crippen LogP contribution in [0, 0.1) is 5.41 Å². The van der Waals surface area contributed by atoms with Gasteiger partial charge >= 0.3 is 0 Å². The van der Waals surface area contributed by atoms with Crippen LogP contribution >= 0.6 is 0 Å². The lowest BCUT2D eigenvalue weighted by molar-refractivity contribution is -0.133. The molecule has 3 aromatic rings. The summed E-state index contributed by atoms with van der Waals surface area (Å²) in [6.45, 7) is 2.36. The van der Waals surface area contributed by atoms with Crippen molar-refractivity contribution in [1.29, 1.82) is 0 Å². The predicted octanol–water partition coefficient (Wildman–Crippen LogP) is 3.46. The molecule has 2 atom stereocenters. The Hall–Kier alpha value is -4.66. The number of carbonyl (C=O) groups excluding carboxylic acids is 3. The number of fused-ring (bicyclic) bond motifs is 9. The molecule has 4 aliphatic rings. The number of carbonyl (C=O) groups is 3. The number of likely N-dealkylation sites (tertiary alicyclic amines) is 1. The highest BCUT2D eigenvalue weighted by atomic mass is 16.5. The Balaban J connectivity index is 1.21. The fourth-order valence-electron chi connectivity index (χ4n) is 6.26. The SMILES string of the molecule is O=C1CN(C(=O)/C=C/c2ccccc2)CCCOc2cccc3c2OC[C@@]2(CN1)CN(C(=O)CCc1ccncc1)C[C@@H]32. The molecule has 7 rings (SSSR count). The van der Waals surface area contributed by atoms with Crippen LogP contribution < -0.4 is 14.8 Å². The fourth-order valence-corrected chi connectivity index (χ4v) is 6.26. The Morgan fingerprint density at radius 1 is 1.02 bits per heavy atom. The summed E-state index contributed by atoms with van der Waals surface area (Å²) in [4.78, 5) is 47.4. The molecular weight excluding hydrogens is 544 g/mol. The van der Waals surface area contributed by atoms with Crippen LogP contribution in [0.1, 0.15) is 35.4 Å². The molecule has 2 aromatic carbocycles. The Kier molecular flexibility index (Phi) is 8.40. The van der Waals surface area contributed by atoms with Gasteiger partial charge in [-0.1, -0.05) is 42.5 Å². The van der Waals surface area contributed by atoms with E-state index in [1.54, 1.807) is 23.4 Å². The number of rotatable bonds is 5. The van der Waals surface area contributed by atoms with Gasteiger partial charge in [-0.05, 0) is 48.2 Å². The molecular formula is C34H36N4O5. The Labute approximate surface area is 251 Å². The maximum atomic E-state index is 13.4. The van der Waals surface area contributed by atoms with Gasteiger partial charge < -0.3 is 24.6 Å². The van der Waals surface area contributed by atoms with Crippen molar-refractivity contribution in [1.82, 2.24) is 20.1 Å². The molecule has 222 valence electrons. The lowest BCUT2D eigenvalue weighted by atomic mass is 9.73. The Morgan fingerprint density at radius 2 is 1.86 bits per heavy atom. The van der Waals surface area contributed by atoms with Crippen LogP contribution in [0.15, 0.2) is 79.1 Å². The van der Waals surface area contributed by atoms with E-state index >= 15 is 0 Å². The van der Waals surface area contributed by atoms with Crippen LogP contribution in [0.2, 0.25) is 0 Å². The van der Waals surface area contributed by atoms with Crippen molar-refractivity contribution >= 4 is 23.8 Å². The molecule has 1 fully saturated rings. The quantitative estimate of drug-likeness (QED) is 0.464. The molecule has 1 saturated heterocycles. The van der Waals surface area contributed by atoms with Crippen molar-refractivity contribution in [3.63, 3.8) is 0 Å². The van der Waals surface area contributed by atoms with Gasteiger partial charge in [0, 0.05) is 68.0 Å². The highest BCUT2D eigenvalue weighted by molar-refractivity contribution is 5.94. The summed E-state index contributed by atoms with van der Waals surface area (Å²) in [5.41, 5.74) is 2.48. The first-order chi connectivity index (χ1) is 21.0. The van der Waals surface area contributed by atoms with E-state index in [0.29, 0.717) is 70.2 Å². The molecule has 3 amide bonds. The second kappa shape index (κ2) is 12.7. The minimum absolute atomic E-state index is 0.0283. The molecule has 1 aromatic heterocycles. The Morgan fingerprint density at radius 3 is 2.70 bits per heavy atom. The number of nitrogens with zero attached hydrogens (tertiary/aromatic N) is 3. The minimum atomic E-state index is -0.500. The maximum absolute atomic E-state index is 13.4. The summed E-state index contributed by atoms with van der Waals surface area (Å²) in [6, 6.07) is 19.3. The van der Waals surface area contributed by atoms with Crippen LogP contribution in [-0.2, 0) is 20.8 Å². The smallest absolute Gasteiger partial charge is 0.247 e. The molecule has 4 aliphatic heterocycles. The van der Waals surface area contributed by atoms with Crippen LogP contribution in [0.4, 0.5) is 0 Å². The lowest BCUT2D eigenvalue weighted by Gasteiger charge is -2.40. The van der Waals surface area contributed by atoms with Gasteiger partial charge in [0.15, 0.2) is 11.5 Å². The van der Waals surface area contributed by atoms with Gasteiger partial charge in [0.05, 0.1) is 19.8 Å². The molecule has 43 heavy (non-hydrogen) atoms. The molecule has 1 spiro atoms. The molecule has 9 nitrogen and oxygen atoms in total. The normalized spacial score (nSPS) is 21.9. The molecule has 0 radical (unpaired) electrons. The summed E-state index contributed by atoms with van der Waals surface area (Å²) in [7, 11) is 0.